The first kappa shape index (κ1) is 11.2. The summed E-state index contributed by atoms with van der Waals surface area (Å²) in [5.74, 6) is 0. The molecular weight excluding hydrogens is 234 g/mol. The number of fused-ring (bicyclic) bond motifs is 1. The number of hydrogen-bond acceptors (Lipinski definition) is 3. The highest BCUT2D eigenvalue weighted by Gasteiger charge is 2.01. The van der Waals surface area contributed by atoms with Crippen molar-refractivity contribution in [1.29, 1.82) is 5.26 Å². The van der Waals surface area contributed by atoms with Crippen molar-refractivity contribution in [3.05, 3.63) is 66.4 Å². The first-order valence-corrected chi connectivity index (χ1v) is 5.98. The molecule has 90 valence electrons. The molecule has 0 aliphatic carbocycles. The van der Waals surface area contributed by atoms with E-state index in [4.69, 9.17) is 5.26 Å². The van der Waals surface area contributed by atoms with Crippen LogP contribution in [0.1, 0.15) is 5.56 Å². The molecule has 1 aromatic heterocycles. The third-order valence-electron chi connectivity index (χ3n) is 2.93. The fourth-order valence-corrected chi connectivity index (χ4v) is 1.99. The van der Waals surface area contributed by atoms with Crippen molar-refractivity contribution in [1.82, 2.24) is 4.98 Å². The molecule has 19 heavy (non-hydrogen) atoms. The standard InChI is InChI=1S/C16H11N3/c17-11-12-6-8-14(9-7-12)19-15-5-1-3-13-4-2-10-18-16(13)15/h1-10,19H. The second-order valence-corrected chi connectivity index (χ2v) is 4.19. The van der Waals surface area contributed by atoms with Gasteiger partial charge in [0.05, 0.1) is 22.8 Å². The molecule has 2 aromatic carbocycles. The maximum Gasteiger partial charge on any atom is 0.0991 e. The van der Waals surface area contributed by atoms with Crippen LogP contribution in [0.4, 0.5) is 11.4 Å². The molecule has 0 amide bonds. The van der Waals surface area contributed by atoms with E-state index in [1.54, 1.807) is 18.3 Å². The molecule has 1 heterocycles. The van der Waals surface area contributed by atoms with Crippen molar-refractivity contribution in [2.45, 2.75) is 0 Å². The van der Waals surface area contributed by atoms with Crippen LogP contribution < -0.4 is 5.32 Å². The summed E-state index contributed by atoms with van der Waals surface area (Å²) in [7, 11) is 0. The van der Waals surface area contributed by atoms with Crippen LogP contribution in [0.15, 0.2) is 60.8 Å². The van der Waals surface area contributed by atoms with E-state index < -0.39 is 0 Å². The highest BCUT2D eigenvalue weighted by molar-refractivity contribution is 5.91. The van der Waals surface area contributed by atoms with Gasteiger partial charge in [0, 0.05) is 17.3 Å². The van der Waals surface area contributed by atoms with Crippen molar-refractivity contribution in [3.63, 3.8) is 0 Å². The van der Waals surface area contributed by atoms with Crippen molar-refractivity contribution >= 4 is 22.3 Å². The molecule has 3 heteroatoms. The number of para-hydroxylation sites is 1. The Morgan fingerprint density at radius 2 is 1.74 bits per heavy atom. The van der Waals surface area contributed by atoms with Gasteiger partial charge in [0.2, 0.25) is 0 Å². The number of anilines is 2. The maximum absolute atomic E-state index is 8.78. The summed E-state index contributed by atoms with van der Waals surface area (Å²) < 4.78 is 0. The highest BCUT2D eigenvalue weighted by Crippen LogP contribution is 2.24. The lowest BCUT2D eigenvalue weighted by atomic mass is 10.1. The number of hydrogen-bond donors (Lipinski definition) is 1. The average Bonchev–Trinajstić information content (AvgIpc) is 2.48. The topological polar surface area (TPSA) is 48.7 Å². The zero-order valence-corrected chi connectivity index (χ0v) is 10.2. The minimum atomic E-state index is 0.654. The predicted molar refractivity (Wildman–Crippen MR) is 76.2 cm³/mol. The summed E-state index contributed by atoms with van der Waals surface area (Å²) in [6.45, 7) is 0. The molecule has 0 unspecified atom stereocenters. The fourth-order valence-electron chi connectivity index (χ4n) is 1.99. The molecule has 0 aliphatic rings. The van der Waals surface area contributed by atoms with E-state index in [0.717, 1.165) is 22.3 Å². The van der Waals surface area contributed by atoms with Gasteiger partial charge in [0.25, 0.3) is 0 Å². The lowest BCUT2D eigenvalue weighted by Crippen LogP contribution is -1.92. The Balaban J connectivity index is 1.99. The number of nitrogens with one attached hydrogen (secondary N) is 1. The summed E-state index contributed by atoms with van der Waals surface area (Å²) in [5, 5.41) is 13.2. The number of nitriles is 1. The van der Waals surface area contributed by atoms with Gasteiger partial charge in [0.1, 0.15) is 0 Å². The number of rotatable bonds is 2. The highest BCUT2D eigenvalue weighted by atomic mass is 14.9. The van der Waals surface area contributed by atoms with Crippen LogP contribution in [0.2, 0.25) is 0 Å². The molecule has 0 radical (unpaired) electrons. The van der Waals surface area contributed by atoms with E-state index in [-0.39, 0.29) is 0 Å². The normalized spacial score (nSPS) is 10.1. The van der Waals surface area contributed by atoms with Crippen molar-refractivity contribution in [2.24, 2.45) is 0 Å². The van der Waals surface area contributed by atoms with Gasteiger partial charge in [-0.25, -0.2) is 0 Å². The summed E-state index contributed by atoms with van der Waals surface area (Å²) >= 11 is 0. The largest absolute Gasteiger partial charge is 0.354 e. The molecular formula is C16H11N3. The zero-order chi connectivity index (χ0) is 13.1. The van der Waals surface area contributed by atoms with Crippen LogP contribution in [0, 0.1) is 11.3 Å². The lowest BCUT2D eigenvalue weighted by Gasteiger charge is -2.08. The van der Waals surface area contributed by atoms with Crippen LogP contribution in [0.25, 0.3) is 10.9 Å². The Morgan fingerprint density at radius 3 is 2.53 bits per heavy atom. The Morgan fingerprint density at radius 1 is 0.947 bits per heavy atom. The minimum Gasteiger partial charge on any atom is -0.354 e. The summed E-state index contributed by atoms with van der Waals surface area (Å²) in [5.41, 5.74) is 3.50. The van der Waals surface area contributed by atoms with Crippen LogP contribution in [0.3, 0.4) is 0 Å². The third kappa shape index (κ3) is 2.24. The van der Waals surface area contributed by atoms with Crippen molar-refractivity contribution in [3.8, 4) is 6.07 Å². The Labute approximate surface area is 111 Å². The predicted octanol–water partition coefficient (Wildman–Crippen LogP) is 3.85. The van der Waals surface area contributed by atoms with Gasteiger partial charge in [-0.15, -0.1) is 0 Å². The fraction of sp³-hybridized carbons (Fsp3) is 0. The van der Waals surface area contributed by atoms with E-state index in [2.05, 4.69) is 16.4 Å². The first-order chi connectivity index (χ1) is 9.36. The van der Waals surface area contributed by atoms with Gasteiger partial charge < -0.3 is 5.32 Å². The van der Waals surface area contributed by atoms with Gasteiger partial charge >= 0.3 is 0 Å². The maximum atomic E-state index is 8.78. The van der Waals surface area contributed by atoms with E-state index in [9.17, 15) is 0 Å². The average molecular weight is 245 g/mol. The third-order valence-corrected chi connectivity index (χ3v) is 2.93. The van der Waals surface area contributed by atoms with E-state index in [1.165, 1.54) is 0 Å². The SMILES string of the molecule is N#Cc1ccc(Nc2cccc3cccnc23)cc1. The van der Waals surface area contributed by atoms with Gasteiger partial charge in [-0.1, -0.05) is 18.2 Å². The number of nitrogens with zero attached hydrogens (tertiary/aromatic N) is 2. The van der Waals surface area contributed by atoms with Gasteiger partial charge in [-0.05, 0) is 36.4 Å². The van der Waals surface area contributed by atoms with E-state index >= 15 is 0 Å². The van der Waals surface area contributed by atoms with E-state index in [0.29, 0.717) is 5.56 Å². The number of aromatic nitrogens is 1. The molecule has 0 fully saturated rings. The van der Waals surface area contributed by atoms with Crippen molar-refractivity contribution in [2.75, 3.05) is 5.32 Å². The molecule has 0 bridgehead atoms. The molecule has 1 N–H and O–H groups in total. The Hall–Kier alpha value is -2.86. The Bertz CT molecular complexity index is 750. The molecule has 0 saturated carbocycles. The van der Waals surface area contributed by atoms with Crippen LogP contribution in [0.5, 0.6) is 0 Å². The van der Waals surface area contributed by atoms with Crippen LogP contribution in [-0.2, 0) is 0 Å². The first-order valence-electron chi connectivity index (χ1n) is 5.98. The number of benzene rings is 2. The van der Waals surface area contributed by atoms with Crippen molar-refractivity contribution < 1.29 is 0 Å². The smallest absolute Gasteiger partial charge is 0.0991 e. The quantitative estimate of drug-likeness (QED) is 0.746. The molecule has 0 atom stereocenters. The molecule has 3 rings (SSSR count). The Kier molecular flexibility index (Phi) is 2.83. The lowest BCUT2D eigenvalue weighted by molar-refractivity contribution is 1.40. The summed E-state index contributed by atoms with van der Waals surface area (Å²) in [6, 6.07) is 19.5. The monoisotopic (exact) mass is 245 g/mol. The second-order valence-electron chi connectivity index (χ2n) is 4.19. The summed E-state index contributed by atoms with van der Waals surface area (Å²) in [4.78, 5) is 4.40. The van der Waals surface area contributed by atoms with Crippen LogP contribution in [-0.4, -0.2) is 4.98 Å². The minimum absolute atomic E-state index is 0.654. The van der Waals surface area contributed by atoms with E-state index in [1.807, 2.05) is 42.5 Å². The zero-order valence-electron chi connectivity index (χ0n) is 10.2. The molecule has 3 aromatic rings. The van der Waals surface area contributed by atoms with Gasteiger partial charge in [-0.2, -0.15) is 5.26 Å². The van der Waals surface area contributed by atoms with Gasteiger partial charge in [0.15, 0.2) is 0 Å². The molecule has 0 aliphatic heterocycles. The van der Waals surface area contributed by atoms with Gasteiger partial charge in [-0.3, -0.25) is 4.98 Å². The second kappa shape index (κ2) is 4.79. The number of pyridine rings is 1. The van der Waals surface area contributed by atoms with Crippen LogP contribution >= 0.6 is 0 Å². The molecule has 3 nitrogen and oxygen atoms in total. The summed E-state index contributed by atoms with van der Waals surface area (Å²) in [6.07, 6.45) is 1.78. The molecule has 0 saturated heterocycles. The molecule has 0 spiro atoms.